The van der Waals surface area contributed by atoms with E-state index in [9.17, 15) is 24.1 Å². The molecule has 3 heterocycles. The minimum Gasteiger partial charge on any atom is -0.444 e. The number of nitrogens with one attached hydrogen (secondary N) is 2. The van der Waals surface area contributed by atoms with Crippen molar-refractivity contribution in [2.24, 2.45) is 0 Å². The van der Waals surface area contributed by atoms with E-state index in [1.54, 1.807) is 12.1 Å². The summed E-state index contributed by atoms with van der Waals surface area (Å²) in [6.45, 7) is 6.76. The lowest BCUT2D eigenvalue weighted by atomic mass is 10.1. The van der Waals surface area contributed by atoms with Crippen LogP contribution in [0.1, 0.15) is 44.0 Å². The Balaban J connectivity index is 1.39. The lowest BCUT2D eigenvalue weighted by Crippen LogP contribution is -2.46. The van der Waals surface area contributed by atoms with Gasteiger partial charge < -0.3 is 20.3 Å². The number of nitro groups is 1. The van der Waals surface area contributed by atoms with Gasteiger partial charge in [-0.2, -0.15) is 0 Å². The predicted octanol–water partition coefficient (Wildman–Crippen LogP) is 4.94. The summed E-state index contributed by atoms with van der Waals surface area (Å²) >= 11 is 0. The molecule has 12 heteroatoms. The largest absolute Gasteiger partial charge is 0.444 e. The maximum atomic E-state index is 13.3. The van der Waals surface area contributed by atoms with Crippen LogP contribution in [-0.2, 0) is 4.74 Å². The van der Waals surface area contributed by atoms with Crippen molar-refractivity contribution in [1.29, 1.82) is 0 Å². The number of ether oxygens (including phenoxy) is 1. The van der Waals surface area contributed by atoms with E-state index in [1.807, 2.05) is 25.7 Å². The number of amides is 2. The van der Waals surface area contributed by atoms with Crippen molar-refractivity contribution in [3.8, 4) is 11.3 Å². The van der Waals surface area contributed by atoms with Crippen LogP contribution in [0, 0.1) is 15.9 Å². The van der Waals surface area contributed by atoms with Crippen molar-refractivity contribution in [3.05, 3.63) is 76.2 Å². The lowest BCUT2D eigenvalue weighted by molar-refractivity contribution is -0.384. The summed E-state index contributed by atoms with van der Waals surface area (Å²) in [4.78, 5) is 46.5. The van der Waals surface area contributed by atoms with Gasteiger partial charge in [-0.25, -0.2) is 19.2 Å². The third-order valence-electron chi connectivity index (χ3n) is 5.99. The summed E-state index contributed by atoms with van der Waals surface area (Å²) in [5.74, 6) is -0.590. The van der Waals surface area contributed by atoms with Gasteiger partial charge in [0.25, 0.3) is 5.91 Å². The molecule has 1 aromatic carbocycles. The number of hydrogen-bond acceptors (Lipinski definition) is 8. The number of aromatic nitrogens is 2. The van der Waals surface area contributed by atoms with Gasteiger partial charge in [0.05, 0.1) is 16.2 Å². The number of hydrogen-bond donors (Lipinski definition) is 2. The third kappa shape index (κ3) is 7.24. The Kier molecular flexibility index (Phi) is 8.03. The van der Waals surface area contributed by atoms with E-state index in [2.05, 4.69) is 20.6 Å². The molecule has 0 aliphatic carbocycles. The summed E-state index contributed by atoms with van der Waals surface area (Å²) in [5, 5.41) is 16.9. The summed E-state index contributed by atoms with van der Waals surface area (Å²) in [7, 11) is 0. The average molecular weight is 537 g/mol. The normalized spacial score (nSPS) is 14.0. The second kappa shape index (κ2) is 11.4. The number of halogens is 1. The average Bonchev–Trinajstić information content (AvgIpc) is 2.88. The summed E-state index contributed by atoms with van der Waals surface area (Å²) in [6.07, 6.45) is 2.38. The summed E-state index contributed by atoms with van der Waals surface area (Å²) in [6, 6.07) is 11.4. The van der Waals surface area contributed by atoms with Gasteiger partial charge in [-0.15, -0.1) is 0 Å². The molecule has 0 unspecified atom stereocenters. The number of alkyl carbamates (subject to hydrolysis) is 1. The molecule has 0 spiro atoms. The van der Waals surface area contributed by atoms with Crippen LogP contribution in [0.2, 0.25) is 0 Å². The van der Waals surface area contributed by atoms with Crippen LogP contribution in [0.25, 0.3) is 11.3 Å². The molecule has 1 fully saturated rings. The van der Waals surface area contributed by atoms with E-state index in [0.717, 1.165) is 0 Å². The molecule has 4 rings (SSSR count). The second-order valence-electron chi connectivity index (χ2n) is 10.1. The first-order chi connectivity index (χ1) is 18.5. The molecule has 1 aliphatic heterocycles. The Morgan fingerprint density at radius 3 is 2.36 bits per heavy atom. The highest BCUT2D eigenvalue weighted by molar-refractivity contribution is 6.04. The molecule has 1 saturated heterocycles. The highest BCUT2D eigenvalue weighted by Crippen LogP contribution is 2.28. The fourth-order valence-electron chi connectivity index (χ4n) is 4.09. The van der Waals surface area contributed by atoms with E-state index in [0.29, 0.717) is 43.0 Å². The van der Waals surface area contributed by atoms with Crippen LogP contribution in [0.5, 0.6) is 0 Å². The van der Waals surface area contributed by atoms with Gasteiger partial charge in [0.2, 0.25) is 5.82 Å². The van der Waals surface area contributed by atoms with Crippen molar-refractivity contribution in [2.75, 3.05) is 23.3 Å². The molecule has 0 atom stereocenters. The molecule has 3 aromatic rings. The van der Waals surface area contributed by atoms with Crippen LogP contribution >= 0.6 is 0 Å². The van der Waals surface area contributed by atoms with Gasteiger partial charge >= 0.3 is 11.8 Å². The zero-order chi connectivity index (χ0) is 28.2. The number of anilines is 2. The molecule has 11 nitrogen and oxygen atoms in total. The molecule has 39 heavy (non-hydrogen) atoms. The van der Waals surface area contributed by atoms with Crippen LogP contribution in [0.15, 0.2) is 54.7 Å². The molecular weight excluding hydrogens is 507 g/mol. The molecule has 2 N–H and O–H groups in total. The number of nitrogens with zero attached hydrogens (tertiary/aromatic N) is 4. The number of rotatable bonds is 6. The zero-order valence-corrected chi connectivity index (χ0v) is 21.8. The van der Waals surface area contributed by atoms with Gasteiger partial charge in [-0.3, -0.25) is 14.9 Å². The second-order valence-corrected chi connectivity index (χ2v) is 10.1. The summed E-state index contributed by atoms with van der Waals surface area (Å²) in [5.41, 5.74) is 0.145. The first-order valence-electron chi connectivity index (χ1n) is 12.4. The first kappa shape index (κ1) is 27.4. The summed E-state index contributed by atoms with van der Waals surface area (Å²) < 4.78 is 18.6. The zero-order valence-electron chi connectivity index (χ0n) is 21.8. The van der Waals surface area contributed by atoms with Crippen LogP contribution in [-0.4, -0.2) is 51.6 Å². The van der Waals surface area contributed by atoms with E-state index in [4.69, 9.17) is 4.74 Å². The molecule has 0 bridgehead atoms. The van der Waals surface area contributed by atoms with Crippen LogP contribution in [0.3, 0.4) is 0 Å². The van der Waals surface area contributed by atoms with Crippen molar-refractivity contribution in [1.82, 2.24) is 15.3 Å². The monoisotopic (exact) mass is 536 g/mol. The number of carbonyl (C=O) groups is 2. The smallest absolute Gasteiger partial charge is 0.407 e. The van der Waals surface area contributed by atoms with Gasteiger partial charge in [0.15, 0.2) is 0 Å². The quantitative estimate of drug-likeness (QED) is 0.334. The standard InChI is InChI=1S/C27H29FN6O5/c1-27(2,3)39-26(36)30-20-12-14-33(15-13-20)23-11-6-18(16-29-23)25(35)32-24-22(34(37)38)10-9-21(31-24)17-4-7-19(28)8-5-17/h4-11,16,20H,12-15H2,1-3H3,(H,30,36)(H,31,32,35). The van der Waals surface area contributed by atoms with E-state index in [-0.39, 0.29) is 23.1 Å². The molecule has 1 aliphatic rings. The molecular formula is C27H29FN6O5. The van der Waals surface area contributed by atoms with Crippen molar-refractivity contribution >= 4 is 29.3 Å². The Labute approximate surface area is 224 Å². The Morgan fingerprint density at radius 2 is 1.77 bits per heavy atom. The van der Waals surface area contributed by atoms with Gasteiger partial charge in [-0.1, -0.05) is 0 Å². The van der Waals surface area contributed by atoms with Crippen LogP contribution in [0.4, 0.5) is 26.5 Å². The van der Waals surface area contributed by atoms with E-state index in [1.165, 1.54) is 42.6 Å². The molecule has 0 saturated carbocycles. The van der Waals surface area contributed by atoms with E-state index < -0.39 is 28.3 Å². The number of pyridine rings is 2. The van der Waals surface area contributed by atoms with Crippen molar-refractivity contribution < 1.29 is 23.6 Å². The van der Waals surface area contributed by atoms with E-state index >= 15 is 0 Å². The van der Waals surface area contributed by atoms with Crippen molar-refractivity contribution in [2.45, 2.75) is 45.3 Å². The highest BCUT2D eigenvalue weighted by Gasteiger charge is 2.25. The maximum Gasteiger partial charge on any atom is 0.407 e. The number of benzene rings is 1. The third-order valence-corrected chi connectivity index (χ3v) is 5.99. The van der Waals surface area contributed by atoms with Crippen LogP contribution < -0.4 is 15.5 Å². The van der Waals surface area contributed by atoms with Gasteiger partial charge in [0.1, 0.15) is 17.2 Å². The number of carbonyl (C=O) groups excluding carboxylic acids is 2. The molecule has 204 valence electrons. The highest BCUT2D eigenvalue weighted by atomic mass is 19.1. The topological polar surface area (TPSA) is 140 Å². The minimum absolute atomic E-state index is 0.00452. The predicted molar refractivity (Wildman–Crippen MR) is 143 cm³/mol. The maximum absolute atomic E-state index is 13.3. The Hall–Kier alpha value is -4.61. The van der Waals surface area contributed by atoms with Gasteiger partial charge in [0, 0.05) is 37.0 Å². The fourth-order valence-corrected chi connectivity index (χ4v) is 4.09. The number of piperidine rings is 1. The Morgan fingerprint density at radius 1 is 1.08 bits per heavy atom. The van der Waals surface area contributed by atoms with Gasteiger partial charge in [-0.05, 0) is 76.1 Å². The fraction of sp³-hybridized carbons (Fsp3) is 0.333. The molecule has 2 aromatic heterocycles. The van der Waals surface area contributed by atoms with Crippen molar-refractivity contribution in [3.63, 3.8) is 0 Å². The first-order valence-corrected chi connectivity index (χ1v) is 12.4. The molecule has 0 radical (unpaired) electrons. The Bertz CT molecular complexity index is 1350. The SMILES string of the molecule is CC(C)(C)OC(=O)NC1CCN(c2ccc(C(=O)Nc3nc(-c4ccc(F)cc4)ccc3[N+](=O)[O-])cn2)CC1. The minimum atomic E-state index is -0.639. The molecule has 2 amide bonds. The lowest BCUT2D eigenvalue weighted by Gasteiger charge is -2.33.